The Kier molecular flexibility index (Phi) is 3.57. The lowest BCUT2D eigenvalue weighted by Gasteiger charge is -2.11. The fourth-order valence-corrected chi connectivity index (χ4v) is 2.57. The van der Waals surface area contributed by atoms with E-state index >= 15 is 0 Å². The first-order chi connectivity index (χ1) is 10.3. The summed E-state index contributed by atoms with van der Waals surface area (Å²) in [5.41, 5.74) is 4.29. The van der Waals surface area contributed by atoms with Crippen LogP contribution in [-0.4, -0.2) is 0 Å². The standard InChI is InChI=1S/C19H16N2/c1-14-5-4-6-15(11-14)13-21-19-10-9-16(12-20)17-7-2-3-8-18(17)19/h2-11,21H,13H2,1H3. The molecule has 2 nitrogen and oxygen atoms in total. The predicted octanol–water partition coefficient (Wildman–Crippen LogP) is 4.63. The van der Waals surface area contributed by atoms with Crippen molar-refractivity contribution in [2.45, 2.75) is 13.5 Å². The average Bonchev–Trinajstić information content (AvgIpc) is 2.52. The molecule has 0 saturated carbocycles. The minimum absolute atomic E-state index is 0.715. The van der Waals surface area contributed by atoms with Crippen LogP contribution in [0.5, 0.6) is 0 Å². The molecule has 0 aliphatic carbocycles. The predicted molar refractivity (Wildman–Crippen MR) is 87.2 cm³/mol. The van der Waals surface area contributed by atoms with E-state index in [2.05, 4.69) is 48.6 Å². The van der Waals surface area contributed by atoms with Gasteiger partial charge in [-0.2, -0.15) is 5.26 Å². The minimum Gasteiger partial charge on any atom is -0.380 e. The second-order valence-corrected chi connectivity index (χ2v) is 5.16. The normalized spacial score (nSPS) is 10.3. The molecule has 0 radical (unpaired) electrons. The molecule has 3 aromatic carbocycles. The molecule has 3 aromatic rings. The molecule has 0 spiro atoms. The molecule has 0 bridgehead atoms. The van der Waals surface area contributed by atoms with E-state index in [1.807, 2.05) is 30.3 Å². The molecule has 21 heavy (non-hydrogen) atoms. The van der Waals surface area contributed by atoms with Gasteiger partial charge in [0.2, 0.25) is 0 Å². The number of fused-ring (bicyclic) bond motifs is 1. The maximum atomic E-state index is 9.19. The SMILES string of the molecule is Cc1cccc(CNc2ccc(C#N)c3ccccc23)c1. The molecule has 3 rings (SSSR count). The van der Waals surface area contributed by atoms with Crippen molar-refractivity contribution in [3.63, 3.8) is 0 Å². The van der Waals surface area contributed by atoms with Gasteiger partial charge in [-0.15, -0.1) is 0 Å². The largest absolute Gasteiger partial charge is 0.380 e. The molecule has 0 atom stereocenters. The van der Waals surface area contributed by atoms with Crippen LogP contribution in [-0.2, 0) is 6.54 Å². The molecule has 0 saturated heterocycles. The Morgan fingerprint density at radius 1 is 0.952 bits per heavy atom. The van der Waals surface area contributed by atoms with Crippen LogP contribution in [0.25, 0.3) is 10.8 Å². The number of nitrogens with one attached hydrogen (secondary N) is 1. The molecule has 0 aromatic heterocycles. The number of hydrogen-bond donors (Lipinski definition) is 1. The number of rotatable bonds is 3. The first-order valence-corrected chi connectivity index (χ1v) is 6.99. The fraction of sp³-hybridized carbons (Fsp3) is 0.105. The van der Waals surface area contributed by atoms with Gasteiger partial charge in [-0.3, -0.25) is 0 Å². The third-order valence-electron chi connectivity index (χ3n) is 3.61. The number of anilines is 1. The summed E-state index contributed by atoms with van der Waals surface area (Å²) in [6.07, 6.45) is 0. The highest BCUT2D eigenvalue weighted by atomic mass is 14.9. The summed E-state index contributed by atoms with van der Waals surface area (Å²) in [6.45, 7) is 2.87. The summed E-state index contributed by atoms with van der Waals surface area (Å²) in [7, 11) is 0. The highest BCUT2D eigenvalue weighted by Gasteiger charge is 2.05. The highest BCUT2D eigenvalue weighted by molar-refractivity contribution is 5.97. The molecule has 0 unspecified atom stereocenters. The Morgan fingerprint density at radius 2 is 1.76 bits per heavy atom. The van der Waals surface area contributed by atoms with Crippen molar-refractivity contribution < 1.29 is 0 Å². The zero-order valence-electron chi connectivity index (χ0n) is 11.9. The van der Waals surface area contributed by atoms with Gasteiger partial charge >= 0.3 is 0 Å². The maximum Gasteiger partial charge on any atom is 0.0998 e. The Morgan fingerprint density at radius 3 is 2.52 bits per heavy atom. The van der Waals surface area contributed by atoms with E-state index in [0.717, 1.165) is 23.0 Å². The first-order valence-electron chi connectivity index (χ1n) is 6.99. The Bertz CT molecular complexity index is 828. The summed E-state index contributed by atoms with van der Waals surface area (Å²) >= 11 is 0. The van der Waals surface area contributed by atoms with Crippen LogP contribution in [0.1, 0.15) is 16.7 Å². The van der Waals surface area contributed by atoms with Gasteiger partial charge in [0.15, 0.2) is 0 Å². The summed E-state index contributed by atoms with van der Waals surface area (Å²) in [5.74, 6) is 0. The Labute approximate surface area is 124 Å². The van der Waals surface area contributed by atoms with Crippen molar-refractivity contribution in [2.75, 3.05) is 5.32 Å². The van der Waals surface area contributed by atoms with Crippen LogP contribution >= 0.6 is 0 Å². The van der Waals surface area contributed by atoms with Gasteiger partial charge in [0, 0.05) is 23.0 Å². The lowest BCUT2D eigenvalue weighted by molar-refractivity contribution is 1.15. The zero-order valence-corrected chi connectivity index (χ0v) is 11.9. The van der Waals surface area contributed by atoms with Crippen molar-refractivity contribution >= 4 is 16.5 Å². The molecular weight excluding hydrogens is 256 g/mol. The van der Waals surface area contributed by atoms with E-state index in [0.29, 0.717) is 5.56 Å². The average molecular weight is 272 g/mol. The second-order valence-electron chi connectivity index (χ2n) is 5.16. The van der Waals surface area contributed by atoms with Crippen molar-refractivity contribution in [1.29, 1.82) is 5.26 Å². The Hall–Kier alpha value is -2.79. The van der Waals surface area contributed by atoms with Crippen LogP contribution in [0, 0.1) is 18.3 Å². The van der Waals surface area contributed by atoms with Crippen molar-refractivity contribution in [1.82, 2.24) is 0 Å². The van der Waals surface area contributed by atoms with E-state index in [9.17, 15) is 5.26 Å². The molecule has 0 heterocycles. The first kappa shape index (κ1) is 13.2. The van der Waals surface area contributed by atoms with Crippen molar-refractivity contribution in [3.05, 3.63) is 77.4 Å². The molecule has 102 valence electrons. The van der Waals surface area contributed by atoms with Crippen LogP contribution in [0.3, 0.4) is 0 Å². The summed E-state index contributed by atoms with van der Waals surface area (Å²) < 4.78 is 0. The number of hydrogen-bond acceptors (Lipinski definition) is 2. The monoisotopic (exact) mass is 272 g/mol. The zero-order chi connectivity index (χ0) is 14.7. The molecule has 1 N–H and O–H groups in total. The topological polar surface area (TPSA) is 35.8 Å². The van der Waals surface area contributed by atoms with Gasteiger partial charge in [-0.25, -0.2) is 0 Å². The molecule has 0 aliphatic heterocycles. The van der Waals surface area contributed by atoms with Crippen LogP contribution in [0.4, 0.5) is 5.69 Å². The fourth-order valence-electron chi connectivity index (χ4n) is 2.57. The van der Waals surface area contributed by atoms with E-state index in [-0.39, 0.29) is 0 Å². The number of nitriles is 1. The van der Waals surface area contributed by atoms with Gasteiger partial charge in [0.1, 0.15) is 0 Å². The van der Waals surface area contributed by atoms with E-state index < -0.39 is 0 Å². The number of benzene rings is 3. The van der Waals surface area contributed by atoms with Gasteiger partial charge in [0.25, 0.3) is 0 Å². The van der Waals surface area contributed by atoms with Gasteiger partial charge in [-0.1, -0.05) is 54.1 Å². The van der Waals surface area contributed by atoms with Gasteiger partial charge < -0.3 is 5.32 Å². The van der Waals surface area contributed by atoms with Crippen molar-refractivity contribution in [3.8, 4) is 6.07 Å². The second kappa shape index (κ2) is 5.68. The van der Waals surface area contributed by atoms with E-state index in [1.54, 1.807) is 0 Å². The van der Waals surface area contributed by atoms with Crippen LogP contribution in [0.2, 0.25) is 0 Å². The Balaban J connectivity index is 1.93. The third-order valence-corrected chi connectivity index (χ3v) is 3.61. The van der Waals surface area contributed by atoms with Crippen molar-refractivity contribution in [2.24, 2.45) is 0 Å². The molecule has 0 aliphatic rings. The minimum atomic E-state index is 0.715. The summed E-state index contributed by atoms with van der Waals surface area (Å²) in [5, 5.41) is 14.7. The maximum absolute atomic E-state index is 9.19. The number of nitrogens with zero attached hydrogens (tertiary/aromatic N) is 1. The smallest absolute Gasteiger partial charge is 0.0998 e. The molecule has 2 heteroatoms. The molecule has 0 fully saturated rings. The molecule has 0 amide bonds. The number of aryl methyl sites for hydroxylation is 1. The van der Waals surface area contributed by atoms with Gasteiger partial charge in [-0.05, 0) is 24.6 Å². The lowest BCUT2D eigenvalue weighted by atomic mass is 10.0. The quantitative estimate of drug-likeness (QED) is 0.754. The highest BCUT2D eigenvalue weighted by Crippen LogP contribution is 2.26. The van der Waals surface area contributed by atoms with E-state index in [1.165, 1.54) is 11.1 Å². The summed E-state index contributed by atoms with van der Waals surface area (Å²) in [4.78, 5) is 0. The van der Waals surface area contributed by atoms with E-state index in [4.69, 9.17) is 0 Å². The van der Waals surface area contributed by atoms with Gasteiger partial charge in [0.05, 0.1) is 11.6 Å². The van der Waals surface area contributed by atoms with Crippen LogP contribution in [0.15, 0.2) is 60.7 Å². The third kappa shape index (κ3) is 2.73. The van der Waals surface area contributed by atoms with Crippen LogP contribution < -0.4 is 5.32 Å². The molecular formula is C19H16N2. The summed E-state index contributed by atoms with van der Waals surface area (Å²) in [6, 6.07) is 22.6. The lowest BCUT2D eigenvalue weighted by Crippen LogP contribution is -2.00.